The fourth-order valence-electron chi connectivity index (χ4n) is 1.33. The molecule has 1 atom stereocenters. The molecule has 2 aromatic carbocycles. The van der Waals surface area contributed by atoms with Crippen molar-refractivity contribution >= 4 is 43.2 Å². The van der Waals surface area contributed by atoms with E-state index in [0.29, 0.717) is 0 Å². The number of halogens is 1. The SMILES string of the molecule is Cc1ccc(Pc2ccccc2)cc1.I. The highest BCUT2D eigenvalue weighted by molar-refractivity contribution is 14.0. The van der Waals surface area contributed by atoms with Gasteiger partial charge in [-0.1, -0.05) is 68.7 Å². The first-order chi connectivity index (χ1) is 6.84. The van der Waals surface area contributed by atoms with E-state index in [1.165, 1.54) is 16.2 Å². The summed E-state index contributed by atoms with van der Waals surface area (Å²) in [7, 11) is 0.773. The Morgan fingerprint density at radius 2 is 1.27 bits per heavy atom. The molecule has 0 spiro atoms. The van der Waals surface area contributed by atoms with E-state index in [9.17, 15) is 0 Å². The lowest BCUT2D eigenvalue weighted by Crippen LogP contribution is -2.01. The van der Waals surface area contributed by atoms with E-state index in [2.05, 4.69) is 61.5 Å². The molecule has 2 heteroatoms. The van der Waals surface area contributed by atoms with Crippen LogP contribution in [0.15, 0.2) is 54.6 Å². The molecular formula is C13H14IP. The van der Waals surface area contributed by atoms with Gasteiger partial charge < -0.3 is 0 Å². The van der Waals surface area contributed by atoms with Crippen molar-refractivity contribution in [2.45, 2.75) is 6.92 Å². The highest BCUT2D eigenvalue weighted by Crippen LogP contribution is 2.10. The Bertz CT molecular complexity index is 395. The zero-order valence-corrected chi connectivity index (χ0v) is 11.9. The zero-order valence-electron chi connectivity index (χ0n) is 8.60. The van der Waals surface area contributed by atoms with Crippen LogP contribution in [-0.2, 0) is 0 Å². The van der Waals surface area contributed by atoms with Crippen LogP contribution >= 0.6 is 32.6 Å². The second kappa shape index (κ2) is 6.24. The maximum atomic E-state index is 2.21. The Morgan fingerprint density at radius 3 is 1.87 bits per heavy atom. The summed E-state index contributed by atoms with van der Waals surface area (Å²) in [6, 6.07) is 19.4. The maximum absolute atomic E-state index is 2.21. The molecule has 0 aliphatic carbocycles. The highest BCUT2D eigenvalue weighted by Gasteiger charge is 1.94. The van der Waals surface area contributed by atoms with Gasteiger partial charge in [-0.2, -0.15) is 0 Å². The van der Waals surface area contributed by atoms with Crippen molar-refractivity contribution < 1.29 is 0 Å². The molecule has 0 aliphatic heterocycles. The van der Waals surface area contributed by atoms with Crippen LogP contribution in [0.3, 0.4) is 0 Å². The third-order valence-corrected chi connectivity index (χ3v) is 3.36. The molecule has 2 rings (SSSR count). The molecular weight excluding hydrogens is 314 g/mol. The van der Waals surface area contributed by atoms with E-state index in [0.717, 1.165) is 8.58 Å². The standard InChI is InChI=1S/C13H13P.HI/c1-11-7-9-13(10-8-11)14-12-5-3-2-4-6-12;/h2-10,14H,1H3;1H. The van der Waals surface area contributed by atoms with Gasteiger partial charge in [0.1, 0.15) is 0 Å². The van der Waals surface area contributed by atoms with Gasteiger partial charge in [-0.25, -0.2) is 0 Å². The monoisotopic (exact) mass is 328 g/mol. The van der Waals surface area contributed by atoms with Crippen molar-refractivity contribution in [1.82, 2.24) is 0 Å². The van der Waals surface area contributed by atoms with Crippen LogP contribution in [0.2, 0.25) is 0 Å². The van der Waals surface area contributed by atoms with Crippen LogP contribution in [0.25, 0.3) is 0 Å². The van der Waals surface area contributed by atoms with E-state index in [4.69, 9.17) is 0 Å². The Labute approximate surface area is 110 Å². The molecule has 78 valence electrons. The van der Waals surface area contributed by atoms with Crippen molar-refractivity contribution in [2.24, 2.45) is 0 Å². The van der Waals surface area contributed by atoms with Crippen molar-refractivity contribution in [3.63, 3.8) is 0 Å². The molecule has 0 heterocycles. The average molecular weight is 328 g/mol. The van der Waals surface area contributed by atoms with Gasteiger partial charge in [0.05, 0.1) is 0 Å². The lowest BCUT2D eigenvalue weighted by atomic mass is 10.2. The summed E-state index contributed by atoms with van der Waals surface area (Å²) >= 11 is 0. The van der Waals surface area contributed by atoms with Crippen LogP contribution in [0.4, 0.5) is 0 Å². The van der Waals surface area contributed by atoms with Crippen LogP contribution < -0.4 is 10.6 Å². The molecule has 2 aromatic rings. The van der Waals surface area contributed by atoms with Crippen LogP contribution in [0.1, 0.15) is 5.56 Å². The third-order valence-electron chi connectivity index (χ3n) is 2.11. The van der Waals surface area contributed by atoms with Gasteiger partial charge in [-0.15, -0.1) is 24.0 Å². The molecule has 0 N–H and O–H groups in total. The van der Waals surface area contributed by atoms with E-state index in [1.807, 2.05) is 0 Å². The average Bonchev–Trinajstić information content (AvgIpc) is 2.23. The topological polar surface area (TPSA) is 0 Å². The smallest absolute Gasteiger partial charge is 0.0226 e. The summed E-state index contributed by atoms with van der Waals surface area (Å²) < 4.78 is 0. The van der Waals surface area contributed by atoms with Crippen molar-refractivity contribution in [2.75, 3.05) is 0 Å². The predicted molar refractivity (Wildman–Crippen MR) is 80.6 cm³/mol. The minimum absolute atomic E-state index is 0. The number of aryl methyl sites for hydroxylation is 1. The van der Waals surface area contributed by atoms with Crippen LogP contribution in [0.5, 0.6) is 0 Å². The van der Waals surface area contributed by atoms with E-state index >= 15 is 0 Å². The summed E-state index contributed by atoms with van der Waals surface area (Å²) in [5.41, 5.74) is 1.33. The first kappa shape index (κ1) is 12.7. The van der Waals surface area contributed by atoms with Gasteiger partial charge in [0.15, 0.2) is 0 Å². The van der Waals surface area contributed by atoms with E-state index in [1.54, 1.807) is 0 Å². The van der Waals surface area contributed by atoms with Gasteiger partial charge in [0.2, 0.25) is 0 Å². The molecule has 0 nitrogen and oxygen atoms in total. The fraction of sp³-hybridized carbons (Fsp3) is 0.0769. The normalized spacial score (nSPS) is 10.2. The highest BCUT2D eigenvalue weighted by atomic mass is 127. The predicted octanol–water partition coefficient (Wildman–Crippen LogP) is 3.24. The minimum atomic E-state index is 0. The Kier molecular flexibility index (Phi) is 5.27. The quantitative estimate of drug-likeness (QED) is 0.586. The Balaban J connectivity index is 0.00000112. The molecule has 15 heavy (non-hydrogen) atoms. The van der Waals surface area contributed by atoms with Crippen LogP contribution in [0, 0.1) is 6.92 Å². The number of hydrogen-bond acceptors (Lipinski definition) is 0. The Morgan fingerprint density at radius 1 is 0.733 bits per heavy atom. The molecule has 0 bridgehead atoms. The molecule has 0 fully saturated rings. The van der Waals surface area contributed by atoms with Crippen molar-refractivity contribution in [3.05, 3.63) is 60.2 Å². The lowest BCUT2D eigenvalue weighted by molar-refractivity contribution is 1.49. The number of rotatable bonds is 2. The summed E-state index contributed by atoms with van der Waals surface area (Å²) in [6.07, 6.45) is 0. The summed E-state index contributed by atoms with van der Waals surface area (Å²) in [6.45, 7) is 2.12. The lowest BCUT2D eigenvalue weighted by Gasteiger charge is -2.01. The van der Waals surface area contributed by atoms with E-state index < -0.39 is 0 Å². The molecule has 0 amide bonds. The van der Waals surface area contributed by atoms with Gasteiger partial charge >= 0.3 is 0 Å². The first-order valence-electron chi connectivity index (χ1n) is 4.73. The summed E-state index contributed by atoms with van der Waals surface area (Å²) in [4.78, 5) is 0. The maximum Gasteiger partial charge on any atom is -0.0226 e. The van der Waals surface area contributed by atoms with Crippen molar-refractivity contribution in [1.29, 1.82) is 0 Å². The van der Waals surface area contributed by atoms with Crippen molar-refractivity contribution in [3.8, 4) is 0 Å². The fourth-order valence-corrected chi connectivity index (χ4v) is 2.35. The van der Waals surface area contributed by atoms with Gasteiger partial charge in [-0.05, 0) is 17.5 Å². The largest absolute Gasteiger partial charge is 0.107 e. The second-order valence-corrected chi connectivity index (χ2v) is 4.76. The first-order valence-corrected chi connectivity index (χ1v) is 5.73. The van der Waals surface area contributed by atoms with Gasteiger partial charge in [-0.3, -0.25) is 0 Å². The number of hydrogen-bond donors (Lipinski definition) is 0. The second-order valence-electron chi connectivity index (χ2n) is 3.36. The molecule has 0 aromatic heterocycles. The molecule has 0 radical (unpaired) electrons. The molecule has 0 saturated heterocycles. The number of benzene rings is 2. The van der Waals surface area contributed by atoms with Crippen LogP contribution in [-0.4, -0.2) is 0 Å². The zero-order chi connectivity index (χ0) is 9.80. The van der Waals surface area contributed by atoms with Gasteiger partial charge in [0.25, 0.3) is 0 Å². The molecule has 0 saturated carbocycles. The van der Waals surface area contributed by atoms with E-state index in [-0.39, 0.29) is 24.0 Å². The molecule has 0 aliphatic rings. The Hall–Kier alpha value is -0.400. The minimum Gasteiger partial charge on any atom is -0.107 e. The summed E-state index contributed by atoms with van der Waals surface area (Å²) in [5.74, 6) is 0. The van der Waals surface area contributed by atoms with Gasteiger partial charge in [0, 0.05) is 0 Å². The molecule has 1 unspecified atom stereocenters. The summed E-state index contributed by atoms with van der Waals surface area (Å²) in [5, 5.41) is 2.80. The third kappa shape index (κ3) is 3.92.